The van der Waals surface area contributed by atoms with Crippen molar-refractivity contribution in [2.45, 2.75) is 78.1 Å². The summed E-state index contributed by atoms with van der Waals surface area (Å²) in [5, 5.41) is 22.3. The van der Waals surface area contributed by atoms with E-state index in [0.717, 1.165) is 36.8 Å². The molecule has 4 aliphatic carbocycles. The molecular formula is C21H33NO3. The summed E-state index contributed by atoms with van der Waals surface area (Å²) in [5.74, 6) is 2.72. The van der Waals surface area contributed by atoms with Crippen LogP contribution >= 0.6 is 0 Å². The SMILES string of the molecule is C[C@]12CC[C@@H](CC(=O)O)C[C@H]1CC[C@@H]1[C@@H]2CC[C@]2(C)/C(=N\O)CC[C@@H]12. The van der Waals surface area contributed by atoms with E-state index in [2.05, 4.69) is 19.0 Å². The van der Waals surface area contributed by atoms with Crippen molar-refractivity contribution in [1.82, 2.24) is 0 Å². The second-order valence-electron chi connectivity index (χ2n) is 9.94. The van der Waals surface area contributed by atoms with Gasteiger partial charge in [-0.1, -0.05) is 19.0 Å². The lowest BCUT2D eigenvalue weighted by atomic mass is 9.44. The first-order valence-corrected chi connectivity index (χ1v) is 10.3. The van der Waals surface area contributed by atoms with Gasteiger partial charge >= 0.3 is 5.97 Å². The Bertz CT molecular complexity index is 588. The largest absolute Gasteiger partial charge is 0.481 e. The molecule has 140 valence electrons. The molecule has 0 heterocycles. The number of carboxylic acid groups (broad SMARTS) is 1. The predicted molar refractivity (Wildman–Crippen MR) is 96.7 cm³/mol. The number of carbonyl (C=O) groups is 1. The summed E-state index contributed by atoms with van der Waals surface area (Å²) in [6.07, 6.45) is 10.9. The third-order valence-corrected chi connectivity index (χ3v) is 9.10. The lowest BCUT2D eigenvalue weighted by Crippen LogP contribution is -2.53. The average molecular weight is 347 g/mol. The highest BCUT2D eigenvalue weighted by atomic mass is 16.4. The van der Waals surface area contributed by atoms with E-state index in [9.17, 15) is 10.0 Å². The van der Waals surface area contributed by atoms with Gasteiger partial charge in [-0.3, -0.25) is 4.79 Å². The number of oxime groups is 1. The van der Waals surface area contributed by atoms with Gasteiger partial charge in [0.25, 0.3) is 0 Å². The quantitative estimate of drug-likeness (QED) is 0.548. The predicted octanol–water partition coefficient (Wildman–Crippen LogP) is 4.95. The van der Waals surface area contributed by atoms with Gasteiger partial charge in [-0.2, -0.15) is 0 Å². The minimum atomic E-state index is -0.627. The van der Waals surface area contributed by atoms with Crippen LogP contribution in [0.1, 0.15) is 78.1 Å². The van der Waals surface area contributed by atoms with Gasteiger partial charge in [0.15, 0.2) is 0 Å². The van der Waals surface area contributed by atoms with E-state index in [4.69, 9.17) is 5.11 Å². The molecule has 0 amide bonds. The Labute approximate surface area is 151 Å². The van der Waals surface area contributed by atoms with E-state index in [0.29, 0.717) is 29.6 Å². The first-order chi connectivity index (χ1) is 11.9. The third-order valence-electron chi connectivity index (χ3n) is 9.10. The van der Waals surface area contributed by atoms with Crippen LogP contribution in [0.3, 0.4) is 0 Å². The zero-order valence-electron chi connectivity index (χ0n) is 15.7. The normalized spacial score (nSPS) is 50.8. The molecule has 4 rings (SSSR count). The lowest BCUT2D eigenvalue weighted by molar-refractivity contribution is -0.140. The Morgan fingerprint density at radius 3 is 2.64 bits per heavy atom. The molecule has 0 aliphatic heterocycles. The van der Waals surface area contributed by atoms with Crippen molar-refractivity contribution in [2.24, 2.45) is 45.6 Å². The van der Waals surface area contributed by atoms with Crippen LogP contribution in [0, 0.1) is 40.4 Å². The van der Waals surface area contributed by atoms with Crippen LogP contribution in [0.4, 0.5) is 0 Å². The van der Waals surface area contributed by atoms with Crippen LogP contribution in [-0.4, -0.2) is 22.0 Å². The Hall–Kier alpha value is -1.06. The number of rotatable bonds is 2. The fourth-order valence-electron chi connectivity index (χ4n) is 7.73. The molecule has 0 aromatic carbocycles. The summed E-state index contributed by atoms with van der Waals surface area (Å²) in [7, 11) is 0. The summed E-state index contributed by atoms with van der Waals surface area (Å²) >= 11 is 0. The number of carboxylic acids is 1. The van der Waals surface area contributed by atoms with E-state index in [1.807, 2.05) is 0 Å². The summed E-state index contributed by atoms with van der Waals surface area (Å²) in [4.78, 5) is 11.1. The van der Waals surface area contributed by atoms with E-state index >= 15 is 0 Å². The first-order valence-electron chi connectivity index (χ1n) is 10.3. The van der Waals surface area contributed by atoms with Crippen molar-refractivity contribution < 1.29 is 15.1 Å². The van der Waals surface area contributed by atoms with Crippen LogP contribution in [0.5, 0.6) is 0 Å². The second kappa shape index (κ2) is 5.99. The van der Waals surface area contributed by atoms with Gasteiger partial charge in [-0.15, -0.1) is 0 Å². The smallest absolute Gasteiger partial charge is 0.303 e. The summed E-state index contributed by atoms with van der Waals surface area (Å²) in [6, 6.07) is 0. The zero-order chi connectivity index (χ0) is 17.8. The van der Waals surface area contributed by atoms with Crippen LogP contribution in [0.15, 0.2) is 5.16 Å². The van der Waals surface area contributed by atoms with Gasteiger partial charge in [0.2, 0.25) is 0 Å². The van der Waals surface area contributed by atoms with Gasteiger partial charge in [0.1, 0.15) is 0 Å². The van der Waals surface area contributed by atoms with Crippen molar-refractivity contribution in [3.63, 3.8) is 0 Å². The van der Waals surface area contributed by atoms with Crippen molar-refractivity contribution in [3.05, 3.63) is 0 Å². The van der Waals surface area contributed by atoms with Crippen LogP contribution in [0.2, 0.25) is 0 Å². The van der Waals surface area contributed by atoms with Crippen molar-refractivity contribution >= 4 is 11.7 Å². The lowest BCUT2D eigenvalue weighted by Gasteiger charge is -2.60. The van der Waals surface area contributed by atoms with Gasteiger partial charge in [0, 0.05) is 11.8 Å². The summed E-state index contributed by atoms with van der Waals surface area (Å²) in [6.45, 7) is 4.86. The van der Waals surface area contributed by atoms with Gasteiger partial charge in [-0.05, 0) is 92.8 Å². The Morgan fingerprint density at radius 2 is 1.92 bits per heavy atom. The summed E-state index contributed by atoms with van der Waals surface area (Å²) < 4.78 is 0. The van der Waals surface area contributed by atoms with E-state index in [-0.39, 0.29) is 5.41 Å². The number of fused-ring (bicyclic) bond motifs is 5. The average Bonchev–Trinajstić information content (AvgIpc) is 2.91. The fraction of sp³-hybridized carbons (Fsp3) is 0.905. The van der Waals surface area contributed by atoms with Crippen LogP contribution < -0.4 is 0 Å². The fourth-order valence-corrected chi connectivity index (χ4v) is 7.73. The zero-order valence-corrected chi connectivity index (χ0v) is 15.7. The topological polar surface area (TPSA) is 69.9 Å². The third kappa shape index (κ3) is 2.54. The minimum Gasteiger partial charge on any atom is -0.481 e. The van der Waals surface area contributed by atoms with E-state index < -0.39 is 5.97 Å². The van der Waals surface area contributed by atoms with Crippen LogP contribution in [-0.2, 0) is 4.79 Å². The molecule has 0 spiro atoms. The highest BCUT2D eigenvalue weighted by Crippen LogP contribution is 2.66. The Morgan fingerprint density at radius 1 is 1.12 bits per heavy atom. The van der Waals surface area contributed by atoms with Gasteiger partial charge in [0.05, 0.1) is 5.71 Å². The first kappa shape index (κ1) is 17.4. The maximum absolute atomic E-state index is 11.1. The highest BCUT2D eigenvalue weighted by Gasteiger charge is 2.59. The van der Waals surface area contributed by atoms with Gasteiger partial charge < -0.3 is 10.3 Å². The molecule has 4 heteroatoms. The molecule has 4 saturated carbocycles. The van der Waals surface area contributed by atoms with Crippen molar-refractivity contribution in [1.29, 1.82) is 0 Å². The molecule has 0 aromatic rings. The second-order valence-corrected chi connectivity index (χ2v) is 9.94. The maximum Gasteiger partial charge on any atom is 0.303 e. The number of hydrogen-bond donors (Lipinski definition) is 2. The van der Waals surface area contributed by atoms with Crippen molar-refractivity contribution in [2.75, 3.05) is 0 Å². The molecule has 0 radical (unpaired) electrons. The molecule has 25 heavy (non-hydrogen) atoms. The Balaban J connectivity index is 1.55. The monoisotopic (exact) mass is 347 g/mol. The Kier molecular flexibility index (Phi) is 4.16. The molecule has 0 bridgehead atoms. The van der Waals surface area contributed by atoms with E-state index in [1.165, 1.54) is 38.5 Å². The number of hydrogen-bond acceptors (Lipinski definition) is 3. The maximum atomic E-state index is 11.1. The molecular weight excluding hydrogens is 314 g/mol. The van der Waals surface area contributed by atoms with Crippen molar-refractivity contribution in [3.8, 4) is 0 Å². The van der Waals surface area contributed by atoms with Gasteiger partial charge in [-0.25, -0.2) is 0 Å². The van der Waals surface area contributed by atoms with Crippen LogP contribution in [0.25, 0.3) is 0 Å². The van der Waals surface area contributed by atoms with E-state index in [1.54, 1.807) is 0 Å². The molecule has 0 aromatic heterocycles. The molecule has 0 saturated heterocycles. The minimum absolute atomic E-state index is 0.125. The highest BCUT2D eigenvalue weighted by molar-refractivity contribution is 5.91. The summed E-state index contributed by atoms with van der Waals surface area (Å²) in [5.41, 5.74) is 1.58. The molecule has 4 fully saturated rings. The molecule has 0 unspecified atom stereocenters. The molecule has 2 N–H and O–H groups in total. The molecule has 7 atom stereocenters. The number of aliphatic carboxylic acids is 1. The molecule has 4 nitrogen and oxygen atoms in total. The number of nitrogens with zero attached hydrogens (tertiary/aromatic N) is 1. The molecule has 4 aliphatic rings. The standard InChI is InChI=1S/C21H33NO3/c1-20-9-7-13(12-19(23)24)11-14(20)3-4-15-16-5-6-18(22-25)21(16,2)10-8-17(15)20/h13-17,25H,3-12H2,1-2H3,(H,23,24)/b22-18-/t13-,14-,15+,16+,17+,20+,21+/m1/s1.